The maximum atomic E-state index is 13.4. The Morgan fingerprint density at radius 3 is 2.69 bits per heavy atom. The fraction of sp³-hybridized carbons (Fsp3) is 0.478. The number of anilines is 1. The Bertz CT molecular complexity index is 959. The number of nitrogens with zero attached hydrogens (tertiary/aromatic N) is 2. The van der Waals surface area contributed by atoms with Crippen LogP contribution >= 0.6 is 11.6 Å². The number of carbonyl (C=O) groups excluding carboxylic acids is 1. The molecule has 0 unspecified atom stereocenters. The minimum atomic E-state index is -4.54. The standard InChI is InChI=1S/C23H27ClF3N3O2/c1-3-11-32-12-10-22(31)28-16-5-7-17(8-6-16)30(2)20-14-21(23(25,26)27)29-19-9-4-15(24)13-18(19)20/h3-4,9,13-14,16-17H,1,5-8,10-12H2,2H3,(H,28,31). The van der Waals surface area contributed by atoms with Gasteiger partial charge in [0.25, 0.3) is 0 Å². The van der Waals surface area contributed by atoms with Crippen molar-refractivity contribution >= 4 is 34.1 Å². The van der Waals surface area contributed by atoms with Crippen molar-refractivity contribution < 1.29 is 22.7 Å². The Labute approximate surface area is 190 Å². The zero-order chi connectivity index (χ0) is 23.3. The summed E-state index contributed by atoms with van der Waals surface area (Å²) in [7, 11) is 1.80. The summed E-state index contributed by atoms with van der Waals surface area (Å²) in [6, 6.07) is 5.89. The first-order valence-corrected chi connectivity index (χ1v) is 10.9. The third-order valence-corrected chi connectivity index (χ3v) is 5.97. The van der Waals surface area contributed by atoms with E-state index >= 15 is 0 Å². The molecule has 1 N–H and O–H groups in total. The van der Waals surface area contributed by atoms with Crippen LogP contribution in [0.3, 0.4) is 0 Å². The lowest BCUT2D eigenvalue weighted by atomic mass is 9.89. The second-order valence-electron chi connectivity index (χ2n) is 7.98. The van der Waals surface area contributed by atoms with E-state index in [1.807, 2.05) is 4.90 Å². The van der Waals surface area contributed by atoms with Crippen molar-refractivity contribution in [2.24, 2.45) is 0 Å². The Hall–Kier alpha value is -2.32. The normalized spacial score (nSPS) is 19.0. The van der Waals surface area contributed by atoms with Crippen LogP contribution in [0.1, 0.15) is 37.8 Å². The van der Waals surface area contributed by atoms with Crippen LogP contribution in [0.15, 0.2) is 36.9 Å². The molecule has 174 valence electrons. The first kappa shape index (κ1) is 24.3. The molecule has 0 bridgehead atoms. The number of hydrogen-bond acceptors (Lipinski definition) is 4. The maximum Gasteiger partial charge on any atom is 0.433 e. The molecular formula is C23H27ClF3N3O2. The molecule has 0 atom stereocenters. The molecule has 1 saturated carbocycles. The highest BCUT2D eigenvalue weighted by molar-refractivity contribution is 6.31. The number of amides is 1. The van der Waals surface area contributed by atoms with Crippen molar-refractivity contribution in [1.82, 2.24) is 10.3 Å². The average Bonchev–Trinajstić information content (AvgIpc) is 2.75. The van der Waals surface area contributed by atoms with Gasteiger partial charge in [-0.05, 0) is 49.9 Å². The summed E-state index contributed by atoms with van der Waals surface area (Å²) < 4.78 is 45.5. The lowest BCUT2D eigenvalue weighted by Gasteiger charge is -2.37. The number of fused-ring (bicyclic) bond motifs is 1. The highest BCUT2D eigenvalue weighted by Crippen LogP contribution is 2.37. The Morgan fingerprint density at radius 1 is 1.31 bits per heavy atom. The van der Waals surface area contributed by atoms with E-state index in [0.29, 0.717) is 29.3 Å². The quantitative estimate of drug-likeness (QED) is 0.417. The molecule has 0 spiro atoms. The highest BCUT2D eigenvalue weighted by Gasteiger charge is 2.34. The fourth-order valence-corrected chi connectivity index (χ4v) is 4.22. The van der Waals surface area contributed by atoms with Gasteiger partial charge in [0.15, 0.2) is 0 Å². The summed E-state index contributed by atoms with van der Waals surface area (Å²) in [6.45, 7) is 4.31. The van der Waals surface area contributed by atoms with Gasteiger partial charge in [0.1, 0.15) is 5.69 Å². The predicted octanol–water partition coefficient (Wildman–Crippen LogP) is 5.36. The van der Waals surface area contributed by atoms with E-state index in [4.69, 9.17) is 16.3 Å². The van der Waals surface area contributed by atoms with Gasteiger partial charge in [-0.3, -0.25) is 4.79 Å². The molecule has 0 aliphatic heterocycles. The second kappa shape index (κ2) is 10.5. The highest BCUT2D eigenvalue weighted by atomic mass is 35.5. The number of carbonyl (C=O) groups is 1. The lowest BCUT2D eigenvalue weighted by Crippen LogP contribution is -2.43. The molecule has 9 heteroatoms. The van der Waals surface area contributed by atoms with Gasteiger partial charge in [-0.2, -0.15) is 13.2 Å². The number of aromatic nitrogens is 1. The SMILES string of the molecule is C=CCOCCC(=O)NC1CCC(N(C)c2cc(C(F)(F)F)nc3ccc(Cl)cc23)CC1. The summed E-state index contributed by atoms with van der Waals surface area (Å²) >= 11 is 6.11. The molecule has 1 heterocycles. The van der Waals surface area contributed by atoms with Gasteiger partial charge in [0, 0.05) is 41.6 Å². The number of alkyl halides is 3. The second-order valence-corrected chi connectivity index (χ2v) is 8.42. The largest absolute Gasteiger partial charge is 0.433 e. The molecule has 2 aromatic rings. The van der Waals surface area contributed by atoms with E-state index in [9.17, 15) is 18.0 Å². The molecule has 1 amide bonds. The van der Waals surface area contributed by atoms with E-state index in [2.05, 4.69) is 16.9 Å². The molecule has 0 radical (unpaired) electrons. The first-order valence-electron chi connectivity index (χ1n) is 10.6. The van der Waals surface area contributed by atoms with Crippen LogP contribution in [0.5, 0.6) is 0 Å². The average molecular weight is 470 g/mol. The number of nitrogens with one attached hydrogen (secondary N) is 1. The molecule has 1 aromatic heterocycles. The van der Waals surface area contributed by atoms with Crippen molar-refractivity contribution in [3.63, 3.8) is 0 Å². The molecule has 3 rings (SSSR count). The fourth-order valence-electron chi connectivity index (χ4n) is 4.05. The monoisotopic (exact) mass is 469 g/mol. The van der Waals surface area contributed by atoms with Gasteiger partial charge in [0.2, 0.25) is 5.91 Å². The summed E-state index contributed by atoms with van der Waals surface area (Å²) in [4.78, 5) is 17.7. The van der Waals surface area contributed by atoms with Gasteiger partial charge in [-0.15, -0.1) is 6.58 Å². The first-order chi connectivity index (χ1) is 15.2. The van der Waals surface area contributed by atoms with E-state index in [1.54, 1.807) is 19.2 Å². The molecule has 5 nitrogen and oxygen atoms in total. The van der Waals surface area contributed by atoms with Crippen molar-refractivity contribution in [2.45, 2.75) is 50.4 Å². The van der Waals surface area contributed by atoms with Gasteiger partial charge in [0.05, 0.1) is 18.7 Å². The van der Waals surface area contributed by atoms with Crippen LogP contribution in [0.4, 0.5) is 18.9 Å². The summed E-state index contributed by atoms with van der Waals surface area (Å²) in [5.74, 6) is -0.0598. The molecular weight excluding hydrogens is 443 g/mol. The lowest BCUT2D eigenvalue weighted by molar-refractivity contribution is -0.140. The van der Waals surface area contributed by atoms with E-state index < -0.39 is 11.9 Å². The minimum Gasteiger partial charge on any atom is -0.377 e. The number of pyridine rings is 1. The topological polar surface area (TPSA) is 54.5 Å². The van der Waals surface area contributed by atoms with Crippen LogP contribution in [0.25, 0.3) is 10.9 Å². The zero-order valence-corrected chi connectivity index (χ0v) is 18.7. The van der Waals surface area contributed by atoms with Crippen LogP contribution < -0.4 is 10.2 Å². The van der Waals surface area contributed by atoms with E-state index in [0.717, 1.165) is 31.7 Å². The Kier molecular flexibility index (Phi) is 8.00. The van der Waals surface area contributed by atoms with Crippen molar-refractivity contribution in [3.05, 3.63) is 47.6 Å². The van der Waals surface area contributed by atoms with Crippen LogP contribution in [0.2, 0.25) is 5.02 Å². The van der Waals surface area contributed by atoms with E-state index in [1.165, 1.54) is 12.1 Å². The number of hydrogen-bond donors (Lipinski definition) is 1. The molecule has 1 aliphatic rings. The maximum absolute atomic E-state index is 13.4. The number of rotatable bonds is 8. The summed E-state index contributed by atoms with van der Waals surface area (Å²) in [5, 5.41) is 4.05. The Morgan fingerprint density at radius 2 is 2.03 bits per heavy atom. The van der Waals surface area contributed by atoms with Crippen molar-refractivity contribution in [3.8, 4) is 0 Å². The third kappa shape index (κ3) is 6.13. The van der Waals surface area contributed by atoms with Gasteiger partial charge < -0.3 is 15.0 Å². The van der Waals surface area contributed by atoms with Crippen LogP contribution in [-0.2, 0) is 15.7 Å². The number of ether oxygens (including phenoxy) is 1. The van der Waals surface area contributed by atoms with E-state index in [-0.39, 0.29) is 29.9 Å². The predicted molar refractivity (Wildman–Crippen MR) is 120 cm³/mol. The van der Waals surface area contributed by atoms with Gasteiger partial charge in [-0.1, -0.05) is 17.7 Å². The van der Waals surface area contributed by atoms with Crippen LogP contribution in [-0.4, -0.2) is 43.2 Å². The van der Waals surface area contributed by atoms with Gasteiger partial charge in [-0.25, -0.2) is 4.98 Å². The number of benzene rings is 1. The third-order valence-electron chi connectivity index (χ3n) is 5.74. The van der Waals surface area contributed by atoms with Crippen LogP contribution in [0, 0.1) is 0 Å². The molecule has 1 aromatic carbocycles. The smallest absolute Gasteiger partial charge is 0.377 e. The molecule has 0 saturated heterocycles. The minimum absolute atomic E-state index is 0.0461. The van der Waals surface area contributed by atoms with Crippen molar-refractivity contribution in [2.75, 3.05) is 25.2 Å². The molecule has 32 heavy (non-hydrogen) atoms. The Balaban J connectivity index is 1.68. The summed E-state index contributed by atoms with van der Waals surface area (Å²) in [6.07, 6.45) is 0.389. The molecule has 1 aliphatic carbocycles. The summed E-state index contributed by atoms with van der Waals surface area (Å²) in [5.41, 5.74) is -0.212. The zero-order valence-electron chi connectivity index (χ0n) is 17.9. The van der Waals surface area contributed by atoms with Crippen molar-refractivity contribution in [1.29, 1.82) is 0 Å². The molecule has 1 fully saturated rings. The van der Waals surface area contributed by atoms with Gasteiger partial charge >= 0.3 is 6.18 Å². The number of halogens is 4.